The summed E-state index contributed by atoms with van der Waals surface area (Å²) in [4.78, 5) is 0. The largest absolute Gasteiger partial charge is 0.472 e. The molecule has 0 radical (unpaired) electrons. The van der Waals surface area contributed by atoms with E-state index in [0.29, 0.717) is 5.92 Å². The molecular formula is C21H30O4. The Morgan fingerprint density at radius 3 is 2.44 bits per heavy atom. The van der Waals surface area contributed by atoms with Crippen molar-refractivity contribution >= 4 is 0 Å². The zero-order chi connectivity index (χ0) is 17.7. The Kier molecular flexibility index (Phi) is 6.02. The maximum Gasteiger partial charge on any atom is 0.0945 e. The Labute approximate surface area is 150 Å². The third kappa shape index (κ3) is 5.48. The Balaban J connectivity index is 1.31. The zero-order valence-electron chi connectivity index (χ0n) is 15.3. The lowest BCUT2D eigenvalue weighted by molar-refractivity contribution is 0.105. The molecule has 0 aromatic carbocycles. The number of epoxide rings is 1. The summed E-state index contributed by atoms with van der Waals surface area (Å²) >= 11 is 0. The highest BCUT2D eigenvalue weighted by Crippen LogP contribution is 2.43. The Morgan fingerprint density at radius 2 is 1.80 bits per heavy atom. The number of rotatable bonds is 11. The molecule has 0 aliphatic carbocycles. The van der Waals surface area contributed by atoms with Crippen LogP contribution in [0.15, 0.2) is 46.0 Å². The van der Waals surface area contributed by atoms with Crippen LogP contribution >= 0.6 is 0 Å². The maximum atomic E-state index is 10.4. The summed E-state index contributed by atoms with van der Waals surface area (Å²) in [6.45, 7) is 4.35. The maximum absolute atomic E-state index is 10.4. The molecule has 0 saturated carbocycles. The molecule has 1 saturated heterocycles. The SMILES string of the molecule is CC(CCCc1ccoc1)CC(O)CC1(C)OC1CCc1ccoc1. The van der Waals surface area contributed by atoms with E-state index in [2.05, 4.69) is 13.8 Å². The van der Waals surface area contributed by atoms with Gasteiger partial charge in [0.1, 0.15) is 0 Å². The lowest BCUT2D eigenvalue weighted by Crippen LogP contribution is -2.22. The number of aliphatic hydroxyl groups is 1. The van der Waals surface area contributed by atoms with Crippen molar-refractivity contribution in [1.82, 2.24) is 0 Å². The van der Waals surface area contributed by atoms with Crippen molar-refractivity contribution in [2.45, 2.75) is 76.6 Å². The van der Waals surface area contributed by atoms with Gasteiger partial charge in [0, 0.05) is 6.42 Å². The lowest BCUT2D eigenvalue weighted by atomic mass is 9.90. The van der Waals surface area contributed by atoms with Crippen LogP contribution in [0.1, 0.15) is 57.1 Å². The molecule has 1 aliphatic heterocycles. The van der Waals surface area contributed by atoms with Gasteiger partial charge in [0.2, 0.25) is 0 Å². The van der Waals surface area contributed by atoms with Gasteiger partial charge in [-0.15, -0.1) is 0 Å². The first-order valence-corrected chi connectivity index (χ1v) is 9.43. The minimum atomic E-state index is -0.284. The van der Waals surface area contributed by atoms with Crippen LogP contribution in [0.4, 0.5) is 0 Å². The molecule has 1 N–H and O–H groups in total. The highest BCUT2D eigenvalue weighted by atomic mass is 16.6. The van der Waals surface area contributed by atoms with Crippen molar-refractivity contribution in [2.75, 3.05) is 0 Å². The summed E-state index contributed by atoms with van der Waals surface area (Å²) in [5, 5.41) is 10.4. The van der Waals surface area contributed by atoms with Gasteiger partial charge in [-0.3, -0.25) is 0 Å². The molecule has 4 unspecified atom stereocenters. The van der Waals surface area contributed by atoms with E-state index < -0.39 is 0 Å². The Hall–Kier alpha value is -1.52. The fraction of sp³-hybridized carbons (Fsp3) is 0.619. The van der Waals surface area contributed by atoms with E-state index in [4.69, 9.17) is 13.6 Å². The second-order valence-corrected chi connectivity index (χ2v) is 7.81. The third-order valence-corrected chi connectivity index (χ3v) is 5.37. The number of hydrogen-bond acceptors (Lipinski definition) is 4. The summed E-state index contributed by atoms with van der Waals surface area (Å²) in [7, 11) is 0. The monoisotopic (exact) mass is 346 g/mol. The molecule has 1 aliphatic rings. The average Bonchev–Trinajstić information content (AvgIpc) is 3.00. The van der Waals surface area contributed by atoms with Crippen LogP contribution in [-0.2, 0) is 17.6 Å². The first-order chi connectivity index (χ1) is 12.0. The van der Waals surface area contributed by atoms with E-state index in [9.17, 15) is 5.11 Å². The van der Waals surface area contributed by atoms with Gasteiger partial charge in [-0.1, -0.05) is 13.3 Å². The lowest BCUT2D eigenvalue weighted by Gasteiger charge is -2.18. The molecule has 138 valence electrons. The molecule has 25 heavy (non-hydrogen) atoms. The van der Waals surface area contributed by atoms with Gasteiger partial charge >= 0.3 is 0 Å². The van der Waals surface area contributed by atoms with E-state index in [1.807, 2.05) is 18.4 Å². The third-order valence-electron chi connectivity index (χ3n) is 5.37. The second kappa shape index (κ2) is 8.24. The molecule has 4 atom stereocenters. The Morgan fingerprint density at radius 1 is 1.12 bits per heavy atom. The van der Waals surface area contributed by atoms with Gasteiger partial charge in [-0.25, -0.2) is 0 Å². The molecule has 0 amide bonds. The van der Waals surface area contributed by atoms with E-state index in [-0.39, 0.29) is 17.8 Å². The highest BCUT2D eigenvalue weighted by Gasteiger charge is 2.52. The second-order valence-electron chi connectivity index (χ2n) is 7.81. The standard InChI is InChI=1S/C21H30O4/c1-16(4-3-5-17-8-10-23-14-17)12-19(22)13-21(2)20(25-21)7-6-18-9-11-24-15-18/h8-11,14-16,19-20,22H,3-7,12-13H2,1-2H3. The zero-order valence-corrected chi connectivity index (χ0v) is 15.3. The normalized spacial score (nSPS) is 25.0. The number of furan rings is 2. The molecule has 2 aromatic heterocycles. The first-order valence-electron chi connectivity index (χ1n) is 9.43. The fourth-order valence-electron chi connectivity index (χ4n) is 3.79. The van der Waals surface area contributed by atoms with Crippen LogP contribution in [0.25, 0.3) is 0 Å². The van der Waals surface area contributed by atoms with Gasteiger partial charge in [0.25, 0.3) is 0 Å². The topological polar surface area (TPSA) is 59.0 Å². The fourth-order valence-corrected chi connectivity index (χ4v) is 3.79. The van der Waals surface area contributed by atoms with Crippen molar-refractivity contribution < 1.29 is 18.7 Å². The summed E-state index contributed by atoms with van der Waals surface area (Å²) in [5.41, 5.74) is 2.32. The predicted octanol–water partition coefficient (Wildman–Crippen LogP) is 4.76. The predicted molar refractivity (Wildman–Crippen MR) is 96.4 cm³/mol. The number of hydrogen-bond donors (Lipinski definition) is 1. The molecule has 4 heteroatoms. The summed E-state index contributed by atoms with van der Waals surface area (Å²) in [6.07, 6.45) is 13.9. The van der Waals surface area contributed by atoms with E-state index >= 15 is 0 Å². The molecule has 3 heterocycles. The van der Waals surface area contributed by atoms with Crippen molar-refractivity contribution in [1.29, 1.82) is 0 Å². The minimum Gasteiger partial charge on any atom is -0.472 e. The van der Waals surface area contributed by atoms with Crippen LogP contribution in [0.5, 0.6) is 0 Å². The van der Waals surface area contributed by atoms with Gasteiger partial charge in [0.15, 0.2) is 0 Å². The molecule has 4 nitrogen and oxygen atoms in total. The van der Waals surface area contributed by atoms with Crippen LogP contribution in [0.3, 0.4) is 0 Å². The quantitative estimate of drug-likeness (QED) is 0.596. The molecule has 1 fully saturated rings. The Bertz CT molecular complexity index is 604. The van der Waals surface area contributed by atoms with E-state index in [0.717, 1.165) is 44.9 Å². The average molecular weight is 346 g/mol. The van der Waals surface area contributed by atoms with Crippen LogP contribution < -0.4 is 0 Å². The molecule has 0 spiro atoms. The van der Waals surface area contributed by atoms with Crippen LogP contribution in [0.2, 0.25) is 0 Å². The smallest absolute Gasteiger partial charge is 0.0945 e. The van der Waals surface area contributed by atoms with Crippen molar-refractivity contribution in [3.8, 4) is 0 Å². The van der Waals surface area contributed by atoms with Crippen molar-refractivity contribution in [3.05, 3.63) is 48.3 Å². The molecular weight excluding hydrogens is 316 g/mol. The summed E-state index contributed by atoms with van der Waals surface area (Å²) in [5.74, 6) is 0.522. The van der Waals surface area contributed by atoms with Gasteiger partial charge < -0.3 is 18.7 Å². The number of ether oxygens (including phenoxy) is 1. The van der Waals surface area contributed by atoms with Gasteiger partial charge in [-0.05, 0) is 68.2 Å². The molecule has 2 aromatic rings. The van der Waals surface area contributed by atoms with Gasteiger partial charge in [0.05, 0.1) is 42.9 Å². The highest BCUT2D eigenvalue weighted by molar-refractivity contribution is 5.08. The minimum absolute atomic E-state index is 0.153. The number of aliphatic hydroxyl groups excluding tert-OH is 1. The van der Waals surface area contributed by atoms with Crippen LogP contribution in [-0.4, -0.2) is 22.9 Å². The van der Waals surface area contributed by atoms with E-state index in [1.54, 1.807) is 18.8 Å². The summed E-state index contributed by atoms with van der Waals surface area (Å²) < 4.78 is 16.1. The first kappa shape index (κ1) is 18.3. The van der Waals surface area contributed by atoms with Crippen molar-refractivity contribution in [3.63, 3.8) is 0 Å². The molecule has 0 bridgehead atoms. The molecule has 3 rings (SSSR count). The van der Waals surface area contributed by atoms with Crippen molar-refractivity contribution in [2.24, 2.45) is 5.92 Å². The summed E-state index contributed by atoms with van der Waals surface area (Å²) in [6, 6.07) is 4.02. The number of aryl methyl sites for hydroxylation is 2. The van der Waals surface area contributed by atoms with Crippen LogP contribution in [0, 0.1) is 5.92 Å². The van der Waals surface area contributed by atoms with Gasteiger partial charge in [-0.2, -0.15) is 0 Å². The van der Waals surface area contributed by atoms with E-state index in [1.165, 1.54) is 11.1 Å².